The van der Waals surface area contributed by atoms with E-state index in [-0.39, 0.29) is 6.10 Å². The maximum absolute atomic E-state index is 5.91. The van der Waals surface area contributed by atoms with E-state index in [9.17, 15) is 0 Å². The molecule has 1 atom stereocenters. The van der Waals surface area contributed by atoms with E-state index in [1.807, 2.05) is 36.0 Å². The summed E-state index contributed by atoms with van der Waals surface area (Å²) in [6.07, 6.45) is 1.29. The smallest absolute Gasteiger partial charge is 0.123 e. The highest BCUT2D eigenvalue weighted by Crippen LogP contribution is 2.31. The zero-order valence-electron chi connectivity index (χ0n) is 10.0. The third-order valence-electron chi connectivity index (χ3n) is 3.03. The minimum absolute atomic E-state index is 0.282. The number of hydrogen-bond donors (Lipinski definition) is 1. The Kier molecular flexibility index (Phi) is 3.15. The van der Waals surface area contributed by atoms with Crippen molar-refractivity contribution in [2.45, 2.75) is 17.4 Å². The van der Waals surface area contributed by atoms with Gasteiger partial charge in [-0.2, -0.15) is 0 Å². The Morgan fingerprint density at radius 2 is 1.89 bits per heavy atom. The average molecular weight is 257 g/mol. The van der Waals surface area contributed by atoms with Gasteiger partial charge in [-0.15, -0.1) is 11.8 Å². The van der Waals surface area contributed by atoms with Crippen LogP contribution in [-0.4, -0.2) is 11.9 Å². The molecule has 2 nitrogen and oxygen atoms in total. The summed E-state index contributed by atoms with van der Waals surface area (Å²) in [5.74, 6) is 2.01. The van der Waals surface area contributed by atoms with Crippen LogP contribution < -0.4 is 10.5 Å². The molecule has 0 spiro atoms. The molecule has 92 valence electrons. The Hall–Kier alpha value is -1.61. The second kappa shape index (κ2) is 4.94. The van der Waals surface area contributed by atoms with Crippen molar-refractivity contribution < 1.29 is 4.74 Å². The summed E-state index contributed by atoms with van der Waals surface area (Å²) in [5.41, 5.74) is 7.80. The largest absolute Gasteiger partial charge is 0.489 e. The highest BCUT2D eigenvalue weighted by Gasteiger charge is 2.22. The third kappa shape index (κ3) is 2.46. The van der Waals surface area contributed by atoms with E-state index >= 15 is 0 Å². The number of ether oxygens (including phenoxy) is 1. The van der Waals surface area contributed by atoms with Gasteiger partial charge in [-0.25, -0.2) is 0 Å². The van der Waals surface area contributed by atoms with Gasteiger partial charge in [-0.1, -0.05) is 18.2 Å². The molecule has 0 saturated heterocycles. The number of thioether (sulfide) groups is 1. The number of fused-ring (bicyclic) bond motifs is 1. The molecule has 0 fully saturated rings. The summed E-state index contributed by atoms with van der Waals surface area (Å²) in [4.78, 5) is 1.24. The molecule has 0 aromatic heterocycles. The fraction of sp³-hybridized carbons (Fsp3) is 0.200. The molecule has 1 aliphatic rings. The maximum Gasteiger partial charge on any atom is 0.123 e. The molecule has 2 N–H and O–H groups in total. The van der Waals surface area contributed by atoms with Crippen molar-refractivity contribution in [3.63, 3.8) is 0 Å². The molecule has 1 unspecified atom stereocenters. The number of nitrogens with two attached hydrogens (primary N) is 1. The minimum Gasteiger partial charge on any atom is -0.489 e. The number of para-hydroxylation sites is 1. The van der Waals surface area contributed by atoms with Gasteiger partial charge >= 0.3 is 0 Å². The quantitative estimate of drug-likeness (QED) is 0.676. The number of nitrogen functional groups attached to an aromatic ring is 1. The summed E-state index contributed by atoms with van der Waals surface area (Å²) in [6.45, 7) is 0. The number of benzene rings is 2. The van der Waals surface area contributed by atoms with Crippen molar-refractivity contribution in [1.29, 1.82) is 0 Å². The van der Waals surface area contributed by atoms with Crippen molar-refractivity contribution in [2.24, 2.45) is 0 Å². The van der Waals surface area contributed by atoms with Crippen LogP contribution in [0.2, 0.25) is 0 Å². The maximum atomic E-state index is 5.91. The first kappa shape index (κ1) is 11.5. The van der Waals surface area contributed by atoms with E-state index in [4.69, 9.17) is 10.5 Å². The van der Waals surface area contributed by atoms with Crippen molar-refractivity contribution in [3.8, 4) is 5.75 Å². The molecule has 0 amide bonds. The minimum atomic E-state index is 0.282. The summed E-state index contributed by atoms with van der Waals surface area (Å²) in [7, 11) is 0. The van der Waals surface area contributed by atoms with Gasteiger partial charge in [0.2, 0.25) is 0 Å². The predicted molar refractivity (Wildman–Crippen MR) is 76.1 cm³/mol. The molecule has 0 aliphatic carbocycles. The molecular weight excluding hydrogens is 242 g/mol. The second-order valence-corrected chi connectivity index (χ2v) is 5.53. The van der Waals surface area contributed by atoms with Gasteiger partial charge < -0.3 is 10.5 Å². The van der Waals surface area contributed by atoms with Gasteiger partial charge in [-0.05, 0) is 35.9 Å². The number of hydrogen-bond acceptors (Lipinski definition) is 3. The van der Waals surface area contributed by atoms with Crippen molar-refractivity contribution in [3.05, 3.63) is 54.1 Å². The van der Waals surface area contributed by atoms with E-state index < -0.39 is 0 Å². The second-order valence-electron chi connectivity index (χ2n) is 4.43. The zero-order valence-corrected chi connectivity index (χ0v) is 10.8. The molecule has 1 heterocycles. The lowest BCUT2D eigenvalue weighted by Gasteiger charge is -2.10. The Labute approximate surface area is 111 Å². The van der Waals surface area contributed by atoms with Crippen LogP contribution in [0.25, 0.3) is 0 Å². The van der Waals surface area contributed by atoms with Gasteiger partial charge in [0, 0.05) is 22.8 Å². The molecule has 18 heavy (non-hydrogen) atoms. The van der Waals surface area contributed by atoms with Crippen LogP contribution in [0, 0.1) is 0 Å². The molecule has 0 bridgehead atoms. The van der Waals surface area contributed by atoms with E-state index in [0.29, 0.717) is 0 Å². The molecule has 2 aromatic rings. The Morgan fingerprint density at radius 3 is 2.67 bits per heavy atom. The standard InChI is InChI=1S/C15H15NOS/c16-12-5-7-14(8-6-12)18-10-13-9-11-3-1-2-4-15(11)17-13/h1-8,13H,9-10,16H2. The van der Waals surface area contributed by atoms with E-state index in [1.54, 1.807) is 0 Å². The Morgan fingerprint density at radius 1 is 1.11 bits per heavy atom. The van der Waals surface area contributed by atoms with E-state index in [2.05, 4.69) is 24.3 Å². The normalized spacial score (nSPS) is 17.2. The van der Waals surface area contributed by atoms with Crippen molar-refractivity contribution in [1.82, 2.24) is 0 Å². The fourth-order valence-corrected chi connectivity index (χ4v) is 2.99. The summed E-state index contributed by atoms with van der Waals surface area (Å²) in [5, 5.41) is 0. The first-order valence-electron chi connectivity index (χ1n) is 6.04. The Bertz CT molecular complexity index is 513. The van der Waals surface area contributed by atoms with Gasteiger partial charge in [-0.3, -0.25) is 0 Å². The van der Waals surface area contributed by atoms with Gasteiger partial charge in [0.05, 0.1) is 0 Å². The molecule has 3 rings (SSSR count). The summed E-state index contributed by atoms with van der Waals surface area (Å²) < 4.78 is 5.91. The fourth-order valence-electron chi connectivity index (χ4n) is 2.10. The lowest BCUT2D eigenvalue weighted by atomic mass is 10.1. The van der Waals surface area contributed by atoms with Crippen LogP contribution in [0.3, 0.4) is 0 Å². The van der Waals surface area contributed by atoms with Gasteiger partial charge in [0.15, 0.2) is 0 Å². The highest BCUT2D eigenvalue weighted by molar-refractivity contribution is 7.99. The van der Waals surface area contributed by atoms with Crippen LogP contribution in [-0.2, 0) is 6.42 Å². The molecule has 0 radical (unpaired) electrons. The monoisotopic (exact) mass is 257 g/mol. The molecular formula is C15H15NOS. The molecule has 1 aliphatic heterocycles. The first-order valence-corrected chi connectivity index (χ1v) is 7.03. The van der Waals surface area contributed by atoms with Crippen LogP contribution in [0.1, 0.15) is 5.56 Å². The lowest BCUT2D eigenvalue weighted by molar-refractivity contribution is 0.259. The van der Waals surface area contributed by atoms with Gasteiger partial charge in [0.1, 0.15) is 11.9 Å². The van der Waals surface area contributed by atoms with Crippen LogP contribution in [0.15, 0.2) is 53.4 Å². The predicted octanol–water partition coefficient (Wildman–Crippen LogP) is 3.36. The zero-order chi connectivity index (χ0) is 12.4. The third-order valence-corrected chi connectivity index (χ3v) is 4.17. The molecule has 2 aromatic carbocycles. The van der Waals surface area contributed by atoms with Gasteiger partial charge in [0.25, 0.3) is 0 Å². The van der Waals surface area contributed by atoms with Crippen molar-refractivity contribution in [2.75, 3.05) is 11.5 Å². The van der Waals surface area contributed by atoms with E-state index in [0.717, 1.165) is 23.6 Å². The number of anilines is 1. The lowest BCUT2D eigenvalue weighted by Crippen LogP contribution is -2.15. The highest BCUT2D eigenvalue weighted by atomic mass is 32.2. The van der Waals surface area contributed by atoms with E-state index in [1.165, 1.54) is 10.5 Å². The number of rotatable bonds is 3. The Balaban J connectivity index is 1.58. The average Bonchev–Trinajstić information content (AvgIpc) is 2.81. The van der Waals surface area contributed by atoms with Crippen molar-refractivity contribution >= 4 is 17.4 Å². The summed E-state index contributed by atoms with van der Waals surface area (Å²) >= 11 is 1.82. The van der Waals surface area contributed by atoms with Crippen LogP contribution in [0.4, 0.5) is 5.69 Å². The first-order chi connectivity index (χ1) is 8.81. The molecule has 0 saturated carbocycles. The van der Waals surface area contributed by atoms with Crippen LogP contribution in [0.5, 0.6) is 5.75 Å². The summed E-state index contributed by atoms with van der Waals surface area (Å²) in [6, 6.07) is 16.3. The SMILES string of the molecule is Nc1ccc(SCC2Cc3ccccc3O2)cc1. The topological polar surface area (TPSA) is 35.2 Å². The molecule has 3 heteroatoms. The van der Waals surface area contributed by atoms with Crippen LogP contribution >= 0.6 is 11.8 Å².